The second kappa shape index (κ2) is 4.78. The molecule has 1 aromatic carbocycles. The molecule has 17 heavy (non-hydrogen) atoms. The van der Waals surface area contributed by atoms with E-state index in [9.17, 15) is 8.42 Å². The van der Waals surface area contributed by atoms with Crippen LogP contribution in [0.4, 0.5) is 0 Å². The molecule has 0 aliphatic carbocycles. The smallest absolute Gasteiger partial charge is 0.155 e. The monoisotopic (exact) mass is 253 g/mol. The highest BCUT2D eigenvalue weighted by molar-refractivity contribution is 7.92. The minimum atomic E-state index is -3.01. The van der Waals surface area contributed by atoms with Gasteiger partial charge in [0.15, 0.2) is 9.84 Å². The van der Waals surface area contributed by atoms with Gasteiger partial charge in [0.2, 0.25) is 0 Å². The van der Waals surface area contributed by atoms with Crippen LogP contribution in [0.3, 0.4) is 0 Å². The third kappa shape index (κ3) is 2.69. The maximum absolute atomic E-state index is 12.2. The summed E-state index contributed by atoms with van der Waals surface area (Å²) in [6.07, 6.45) is 0. The Morgan fingerprint density at radius 1 is 1.18 bits per heavy atom. The van der Waals surface area contributed by atoms with Gasteiger partial charge in [0.05, 0.1) is 11.0 Å². The third-order valence-corrected chi connectivity index (χ3v) is 5.84. The molecule has 0 radical (unpaired) electrons. The van der Waals surface area contributed by atoms with Crippen LogP contribution in [0.2, 0.25) is 0 Å². The molecule has 1 N–H and O–H groups in total. The average molecular weight is 253 g/mol. The van der Waals surface area contributed by atoms with E-state index in [1.165, 1.54) is 0 Å². The Bertz CT molecular complexity index is 469. The zero-order valence-electron chi connectivity index (χ0n) is 10.3. The van der Waals surface area contributed by atoms with Gasteiger partial charge in [0.1, 0.15) is 0 Å². The molecule has 0 spiro atoms. The largest absolute Gasteiger partial charge is 0.309 e. The molecule has 3 nitrogen and oxygen atoms in total. The highest BCUT2D eigenvalue weighted by atomic mass is 32.2. The molecule has 1 aliphatic rings. The van der Waals surface area contributed by atoms with Gasteiger partial charge in [-0.05, 0) is 24.9 Å². The standard InChI is InChI=1S/C13H19NO2S/c1-10-8-14-13(11(2)17(15,16)9-10)12-6-4-3-5-7-12/h3-7,10-11,13-14H,8-9H2,1-2H3. The van der Waals surface area contributed by atoms with Crippen molar-refractivity contribution in [3.8, 4) is 0 Å². The Labute approximate surface area is 103 Å². The van der Waals surface area contributed by atoms with Crippen LogP contribution in [0.25, 0.3) is 0 Å². The third-order valence-electron chi connectivity index (χ3n) is 3.40. The van der Waals surface area contributed by atoms with Gasteiger partial charge in [-0.3, -0.25) is 0 Å². The van der Waals surface area contributed by atoms with Crippen LogP contribution in [0.5, 0.6) is 0 Å². The number of benzene rings is 1. The minimum Gasteiger partial charge on any atom is -0.309 e. The van der Waals surface area contributed by atoms with Crippen LogP contribution >= 0.6 is 0 Å². The van der Waals surface area contributed by atoms with Crippen LogP contribution in [-0.2, 0) is 9.84 Å². The van der Waals surface area contributed by atoms with Gasteiger partial charge in [-0.15, -0.1) is 0 Å². The first-order chi connectivity index (χ1) is 8.00. The second-order valence-corrected chi connectivity index (χ2v) is 7.34. The normalized spacial score (nSPS) is 32.9. The van der Waals surface area contributed by atoms with E-state index in [0.29, 0.717) is 0 Å². The summed E-state index contributed by atoms with van der Waals surface area (Å²) in [7, 11) is -3.01. The quantitative estimate of drug-likeness (QED) is 0.829. The average Bonchev–Trinajstić information content (AvgIpc) is 2.38. The Hall–Kier alpha value is -0.870. The fourth-order valence-corrected chi connectivity index (χ4v) is 4.24. The molecule has 0 bridgehead atoms. The first kappa shape index (κ1) is 12.6. The second-order valence-electron chi connectivity index (χ2n) is 4.94. The van der Waals surface area contributed by atoms with Crippen molar-refractivity contribution in [3.63, 3.8) is 0 Å². The van der Waals surface area contributed by atoms with Crippen molar-refractivity contribution in [2.45, 2.75) is 25.1 Å². The number of hydrogen-bond acceptors (Lipinski definition) is 3. The summed E-state index contributed by atoms with van der Waals surface area (Å²) in [6.45, 7) is 4.53. The molecule has 1 aromatic rings. The van der Waals surface area contributed by atoms with Crippen LogP contribution in [0, 0.1) is 5.92 Å². The number of nitrogens with one attached hydrogen (secondary N) is 1. The number of rotatable bonds is 1. The van der Waals surface area contributed by atoms with E-state index in [1.54, 1.807) is 6.92 Å². The molecule has 0 aromatic heterocycles. The molecule has 1 aliphatic heterocycles. The first-order valence-electron chi connectivity index (χ1n) is 6.00. The van der Waals surface area contributed by atoms with Gasteiger partial charge >= 0.3 is 0 Å². The number of sulfone groups is 1. The Morgan fingerprint density at radius 2 is 1.82 bits per heavy atom. The fourth-order valence-electron chi connectivity index (χ4n) is 2.36. The fraction of sp³-hybridized carbons (Fsp3) is 0.538. The summed E-state index contributed by atoms with van der Waals surface area (Å²) < 4.78 is 24.3. The SMILES string of the molecule is CC1CNC(c2ccccc2)C(C)S(=O)(=O)C1. The molecule has 3 atom stereocenters. The van der Waals surface area contributed by atoms with Gasteiger partial charge in [-0.25, -0.2) is 8.42 Å². The summed E-state index contributed by atoms with van der Waals surface area (Å²) in [4.78, 5) is 0. The minimum absolute atomic E-state index is 0.0915. The van der Waals surface area contributed by atoms with E-state index in [-0.39, 0.29) is 23.0 Å². The van der Waals surface area contributed by atoms with Gasteiger partial charge in [0, 0.05) is 6.04 Å². The van der Waals surface area contributed by atoms with Crippen molar-refractivity contribution < 1.29 is 8.42 Å². The Balaban J connectivity index is 2.34. The predicted octanol–water partition coefficient (Wildman–Crippen LogP) is 1.77. The molecule has 0 saturated carbocycles. The summed E-state index contributed by atoms with van der Waals surface area (Å²) in [5.74, 6) is 0.459. The zero-order valence-corrected chi connectivity index (χ0v) is 11.1. The van der Waals surface area contributed by atoms with Crippen LogP contribution < -0.4 is 5.32 Å². The number of hydrogen-bond donors (Lipinski definition) is 1. The first-order valence-corrected chi connectivity index (χ1v) is 7.72. The van der Waals surface area contributed by atoms with Crippen LogP contribution in [0.1, 0.15) is 25.5 Å². The molecular weight excluding hydrogens is 234 g/mol. The molecule has 4 heteroatoms. The molecule has 2 rings (SSSR count). The van der Waals surface area contributed by atoms with Crippen molar-refractivity contribution in [3.05, 3.63) is 35.9 Å². The van der Waals surface area contributed by atoms with Gasteiger partial charge in [-0.1, -0.05) is 37.3 Å². The lowest BCUT2D eigenvalue weighted by Crippen LogP contribution is -2.33. The Kier molecular flexibility index (Phi) is 3.54. The summed E-state index contributed by atoms with van der Waals surface area (Å²) >= 11 is 0. The molecule has 1 fully saturated rings. The maximum Gasteiger partial charge on any atom is 0.155 e. The zero-order chi connectivity index (χ0) is 12.5. The highest BCUT2D eigenvalue weighted by Gasteiger charge is 2.34. The highest BCUT2D eigenvalue weighted by Crippen LogP contribution is 2.26. The van der Waals surface area contributed by atoms with Gasteiger partial charge in [-0.2, -0.15) is 0 Å². The van der Waals surface area contributed by atoms with Crippen molar-refractivity contribution in [2.24, 2.45) is 5.92 Å². The molecule has 1 heterocycles. The van der Waals surface area contributed by atoms with E-state index in [0.717, 1.165) is 12.1 Å². The lowest BCUT2D eigenvalue weighted by Gasteiger charge is -2.22. The lowest BCUT2D eigenvalue weighted by molar-refractivity contribution is 0.487. The van der Waals surface area contributed by atoms with Crippen molar-refractivity contribution in [1.29, 1.82) is 0 Å². The molecular formula is C13H19NO2S. The summed E-state index contributed by atoms with van der Waals surface area (Å²) in [6, 6.07) is 9.72. The Morgan fingerprint density at radius 3 is 2.47 bits per heavy atom. The van der Waals surface area contributed by atoms with Crippen molar-refractivity contribution in [1.82, 2.24) is 5.32 Å². The van der Waals surface area contributed by atoms with Crippen LogP contribution in [-0.4, -0.2) is 26.0 Å². The maximum atomic E-state index is 12.2. The topological polar surface area (TPSA) is 46.2 Å². The van der Waals surface area contributed by atoms with Crippen molar-refractivity contribution in [2.75, 3.05) is 12.3 Å². The van der Waals surface area contributed by atoms with Gasteiger partial charge < -0.3 is 5.32 Å². The lowest BCUT2D eigenvalue weighted by atomic mass is 10.0. The summed E-state index contributed by atoms with van der Waals surface area (Å²) in [5.41, 5.74) is 1.05. The molecule has 94 valence electrons. The van der Waals surface area contributed by atoms with E-state index >= 15 is 0 Å². The molecule has 3 unspecified atom stereocenters. The van der Waals surface area contributed by atoms with E-state index in [2.05, 4.69) is 5.32 Å². The predicted molar refractivity (Wildman–Crippen MR) is 69.6 cm³/mol. The van der Waals surface area contributed by atoms with E-state index < -0.39 is 9.84 Å². The molecule has 0 amide bonds. The van der Waals surface area contributed by atoms with Crippen LogP contribution in [0.15, 0.2) is 30.3 Å². The van der Waals surface area contributed by atoms with Gasteiger partial charge in [0.25, 0.3) is 0 Å². The summed E-state index contributed by atoms with van der Waals surface area (Å²) in [5, 5.41) is 3.01. The van der Waals surface area contributed by atoms with E-state index in [4.69, 9.17) is 0 Å². The van der Waals surface area contributed by atoms with E-state index in [1.807, 2.05) is 37.3 Å². The molecule has 1 saturated heterocycles. The van der Waals surface area contributed by atoms with Crippen molar-refractivity contribution >= 4 is 9.84 Å².